The third-order valence-electron chi connectivity index (χ3n) is 4.52. The molecule has 3 rings (SSSR count). The van der Waals surface area contributed by atoms with Crippen LogP contribution in [0.2, 0.25) is 0 Å². The second-order valence-corrected chi connectivity index (χ2v) is 6.12. The number of rotatable bonds is 2. The monoisotopic (exact) mass is 303 g/mol. The van der Waals surface area contributed by atoms with Crippen molar-refractivity contribution in [1.29, 1.82) is 0 Å². The number of nitrogens with one attached hydrogen (secondary N) is 1. The van der Waals surface area contributed by atoms with Gasteiger partial charge in [-0.1, -0.05) is 6.42 Å². The van der Waals surface area contributed by atoms with E-state index in [1.807, 2.05) is 4.90 Å². The molecule has 1 aromatic heterocycles. The molecule has 0 aromatic carbocycles. The molecule has 118 valence electrons. The van der Waals surface area contributed by atoms with Gasteiger partial charge in [0.25, 0.3) is 0 Å². The number of alkyl halides is 3. The van der Waals surface area contributed by atoms with E-state index >= 15 is 0 Å². The van der Waals surface area contributed by atoms with Crippen LogP contribution in [0.5, 0.6) is 0 Å². The molecule has 1 saturated carbocycles. The van der Waals surface area contributed by atoms with Crippen molar-refractivity contribution in [2.75, 3.05) is 18.0 Å². The van der Waals surface area contributed by atoms with Crippen LogP contribution in [0.1, 0.15) is 43.8 Å². The fourth-order valence-electron chi connectivity index (χ4n) is 3.29. The molecule has 2 heterocycles. The summed E-state index contributed by atoms with van der Waals surface area (Å²) in [7, 11) is 0. The van der Waals surface area contributed by atoms with Crippen molar-refractivity contribution in [3.8, 4) is 0 Å². The Morgan fingerprint density at radius 2 is 2.05 bits per heavy atom. The SMILES string of the molecule is NC1CCN(c2n[nH]c(C3CCCC(C(F)(F)F)C3)n2)C1. The number of aromatic amines is 1. The van der Waals surface area contributed by atoms with Gasteiger partial charge < -0.3 is 10.6 Å². The molecule has 3 N–H and O–H groups in total. The molecule has 0 bridgehead atoms. The van der Waals surface area contributed by atoms with Gasteiger partial charge in [0.05, 0.1) is 5.92 Å². The number of halogens is 3. The van der Waals surface area contributed by atoms with E-state index in [4.69, 9.17) is 5.73 Å². The summed E-state index contributed by atoms with van der Waals surface area (Å²) < 4.78 is 38.6. The van der Waals surface area contributed by atoms with Crippen LogP contribution in [0.25, 0.3) is 0 Å². The molecule has 5 nitrogen and oxygen atoms in total. The summed E-state index contributed by atoms with van der Waals surface area (Å²) in [4.78, 5) is 6.38. The van der Waals surface area contributed by atoms with Crippen molar-refractivity contribution in [2.24, 2.45) is 11.7 Å². The molecule has 0 amide bonds. The van der Waals surface area contributed by atoms with Crippen LogP contribution in [0.15, 0.2) is 0 Å². The lowest BCUT2D eigenvalue weighted by Crippen LogP contribution is -2.28. The van der Waals surface area contributed by atoms with Gasteiger partial charge in [-0.05, 0) is 25.7 Å². The van der Waals surface area contributed by atoms with Crippen LogP contribution in [0.4, 0.5) is 19.1 Å². The minimum Gasteiger partial charge on any atom is -0.338 e. The molecular formula is C13H20F3N5. The van der Waals surface area contributed by atoms with Crippen molar-refractivity contribution in [3.05, 3.63) is 5.82 Å². The summed E-state index contributed by atoms with van der Waals surface area (Å²) in [6.07, 6.45) is -1.56. The minimum atomic E-state index is -4.11. The molecule has 3 unspecified atom stereocenters. The minimum absolute atomic E-state index is 0.109. The zero-order chi connectivity index (χ0) is 15.0. The van der Waals surface area contributed by atoms with Crippen molar-refractivity contribution in [2.45, 2.75) is 50.2 Å². The molecule has 0 spiro atoms. The lowest BCUT2D eigenvalue weighted by Gasteiger charge is -2.29. The summed E-state index contributed by atoms with van der Waals surface area (Å²) in [5.41, 5.74) is 5.85. The molecule has 1 aliphatic carbocycles. The molecular weight excluding hydrogens is 283 g/mol. The summed E-state index contributed by atoms with van der Waals surface area (Å²) >= 11 is 0. The fraction of sp³-hybridized carbons (Fsp3) is 0.846. The normalized spacial score (nSPS) is 30.9. The highest BCUT2D eigenvalue weighted by Gasteiger charge is 2.43. The molecule has 21 heavy (non-hydrogen) atoms. The van der Waals surface area contributed by atoms with Gasteiger partial charge in [0.2, 0.25) is 5.95 Å². The molecule has 1 aromatic rings. The topological polar surface area (TPSA) is 70.8 Å². The van der Waals surface area contributed by atoms with E-state index in [-0.39, 0.29) is 24.8 Å². The van der Waals surface area contributed by atoms with Gasteiger partial charge in [-0.15, -0.1) is 5.10 Å². The van der Waals surface area contributed by atoms with E-state index in [1.54, 1.807) is 0 Å². The highest BCUT2D eigenvalue weighted by molar-refractivity contribution is 5.31. The Morgan fingerprint density at radius 3 is 2.71 bits per heavy atom. The molecule has 1 aliphatic heterocycles. The zero-order valence-corrected chi connectivity index (χ0v) is 11.7. The average Bonchev–Trinajstić information content (AvgIpc) is 3.06. The smallest absolute Gasteiger partial charge is 0.338 e. The van der Waals surface area contributed by atoms with Gasteiger partial charge in [0.1, 0.15) is 5.82 Å². The third kappa shape index (κ3) is 3.14. The van der Waals surface area contributed by atoms with Crippen molar-refractivity contribution in [3.63, 3.8) is 0 Å². The van der Waals surface area contributed by atoms with Crippen molar-refractivity contribution in [1.82, 2.24) is 15.2 Å². The fourth-order valence-corrected chi connectivity index (χ4v) is 3.29. The van der Waals surface area contributed by atoms with E-state index in [9.17, 15) is 13.2 Å². The van der Waals surface area contributed by atoms with Crippen LogP contribution in [0, 0.1) is 5.92 Å². The van der Waals surface area contributed by atoms with Crippen LogP contribution >= 0.6 is 0 Å². The van der Waals surface area contributed by atoms with Crippen LogP contribution in [0.3, 0.4) is 0 Å². The largest absolute Gasteiger partial charge is 0.391 e. The first-order chi connectivity index (χ1) is 9.93. The Kier molecular flexibility index (Phi) is 3.81. The van der Waals surface area contributed by atoms with Gasteiger partial charge in [0, 0.05) is 25.0 Å². The number of hydrogen-bond acceptors (Lipinski definition) is 4. The van der Waals surface area contributed by atoms with E-state index < -0.39 is 12.1 Å². The van der Waals surface area contributed by atoms with Gasteiger partial charge in [-0.25, -0.2) is 0 Å². The maximum absolute atomic E-state index is 12.9. The van der Waals surface area contributed by atoms with E-state index in [0.717, 1.165) is 19.4 Å². The third-order valence-corrected chi connectivity index (χ3v) is 4.52. The van der Waals surface area contributed by atoms with Gasteiger partial charge in [-0.3, -0.25) is 5.10 Å². The van der Waals surface area contributed by atoms with Gasteiger partial charge in [-0.2, -0.15) is 18.2 Å². The highest BCUT2D eigenvalue weighted by atomic mass is 19.4. The maximum atomic E-state index is 12.9. The molecule has 0 radical (unpaired) electrons. The van der Waals surface area contributed by atoms with Gasteiger partial charge >= 0.3 is 6.18 Å². The van der Waals surface area contributed by atoms with Gasteiger partial charge in [0.15, 0.2) is 0 Å². The summed E-state index contributed by atoms with van der Waals surface area (Å²) in [5.74, 6) is -0.251. The molecule has 1 saturated heterocycles. The lowest BCUT2D eigenvalue weighted by molar-refractivity contribution is -0.183. The first kappa shape index (κ1) is 14.6. The number of nitrogens with zero attached hydrogens (tertiary/aromatic N) is 3. The highest BCUT2D eigenvalue weighted by Crippen LogP contribution is 2.43. The van der Waals surface area contributed by atoms with Crippen LogP contribution in [-0.2, 0) is 0 Å². The van der Waals surface area contributed by atoms with Crippen LogP contribution in [-0.4, -0.2) is 40.5 Å². The Labute approximate surface area is 121 Å². The number of nitrogens with two attached hydrogens (primary N) is 1. The Balaban J connectivity index is 1.68. The molecule has 8 heteroatoms. The molecule has 2 fully saturated rings. The predicted molar refractivity (Wildman–Crippen MR) is 71.9 cm³/mol. The lowest BCUT2D eigenvalue weighted by atomic mass is 9.80. The molecule has 2 aliphatic rings. The number of anilines is 1. The first-order valence-corrected chi connectivity index (χ1v) is 7.43. The second-order valence-electron chi connectivity index (χ2n) is 6.12. The van der Waals surface area contributed by atoms with E-state index in [0.29, 0.717) is 24.7 Å². The van der Waals surface area contributed by atoms with Crippen molar-refractivity contribution >= 4 is 5.95 Å². The Morgan fingerprint density at radius 1 is 1.24 bits per heavy atom. The van der Waals surface area contributed by atoms with E-state index in [1.165, 1.54) is 0 Å². The summed E-state index contributed by atoms with van der Waals surface area (Å²) in [6, 6.07) is 0.122. The predicted octanol–water partition coefficient (Wildman–Crippen LogP) is 2.18. The summed E-state index contributed by atoms with van der Waals surface area (Å²) in [5, 5.41) is 6.98. The Hall–Kier alpha value is -1.31. The standard InChI is InChI=1S/C13H20F3N5/c14-13(15,16)9-3-1-2-8(6-9)11-18-12(20-19-11)21-5-4-10(17)7-21/h8-10H,1-7,17H2,(H,18,19,20). The Bertz CT molecular complexity index is 486. The van der Waals surface area contributed by atoms with Crippen molar-refractivity contribution < 1.29 is 13.2 Å². The quantitative estimate of drug-likeness (QED) is 0.878. The van der Waals surface area contributed by atoms with E-state index in [2.05, 4.69) is 15.2 Å². The van der Waals surface area contributed by atoms with Crippen LogP contribution < -0.4 is 10.6 Å². The second kappa shape index (κ2) is 5.47. The average molecular weight is 303 g/mol. The number of aromatic nitrogens is 3. The number of hydrogen-bond donors (Lipinski definition) is 2. The number of H-pyrrole nitrogens is 1. The first-order valence-electron chi connectivity index (χ1n) is 7.43. The molecule has 3 atom stereocenters. The zero-order valence-electron chi connectivity index (χ0n) is 11.7. The summed E-state index contributed by atoms with van der Waals surface area (Å²) in [6.45, 7) is 1.50. The maximum Gasteiger partial charge on any atom is 0.391 e.